The Labute approximate surface area is 103 Å². The molecule has 4 nitrogen and oxygen atoms in total. The van der Waals surface area contributed by atoms with E-state index in [-0.39, 0.29) is 5.54 Å². The Morgan fingerprint density at radius 1 is 1.47 bits per heavy atom. The number of carbonyl (C=O) groups is 1. The van der Waals surface area contributed by atoms with E-state index in [9.17, 15) is 4.79 Å². The molecule has 1 saturated carbocycles. The predicted molar refractivity (Wildman–Crippen MR) is 66.8 cm³/mol. The molecule has 1 aliphatic rings. The van der Waals surface area contributed by atoms with Gasteiger partial charge in [-0.3, -0.25) is 14.4 Å². The van der Waals surface area contributed by atoms with E-state index in [0.717, 1.165) is 31.4 Å². The number of aromatic nitrogens is 2. The summed E-state index contributed by atoms with van der Waals surface area (Å²) in [5.74, 6) is 0.318. The molecule has 0 aromatic carbocycles. The summed E-state index contributed by atoms with van der Waals surface area (Å²) in [7, 11) is 5.91. The minimum Gasteiger partial charge on any atom is -0.297 e. The van der Waals surface area contributed by atoms with Crippen molar-refractivity contribution in [2.45, 2.75) is 37.6 Å². The second-order valence-corrected chi connectivity index (χ2v) is 5.21. The average Bonchev–Trinajstić information content (AvgIpc) is 2.87. The van der Waals surface area contributed by atoms with Crippen molar-refractivity contribution in [1.82, 2.24) is 14.7 Å². The fourth-order valence-electron chi connectivity index (χ4n) is 2.82. The third-order valence-electron chi connectivity index (χ3n) is 3.92. The van der Waals surface area contributed by atoms with Gasteiger partial charge in [-0.25, -0.2) is 0 Å². The maximum Gasteiger partial charge on any atom is 0.159 e. The van der Waals surface area contributed by atoms with Gasteiger partial charge in [0.1, 0.15) is 0 Å². The molecule has 0 spiro atoms. The second kappa shape index (κ2) is 4.61. The van der Waals surface area contributed by atoms with Crippen LogP contribution in [-0.4, -0.2) is 40.1 Å². The van der Waals surface area contributed by atoms with Gasteiger partial charge in [-0.15, -0.1) is 0 Å². The number of nitrogens with zero attached hydrogens (tertiary/aromatic N) is 3. The average molecular weight is 235 g/mol. The van der Waals surface area contributed by atoms with Crippen LogP contribution in [0.5, 0.6) is 0 Å². The Balaban J connectivity index is 2.12. The third kappa shape index (κ3) is 2.27. The number of rotatable bonds is 4. The van der Waals surface area contributed by atoms with Crippen molar-refractivity contribution in [1.29, 1.82) is 0 Å². The molecule has 1 heterocycles. The standard InChI is InChI=1S/C13H21N3O/c1-15(2)13(7-4-5-8-13)12(17)10-11-6-9-16(3)14-11/h6,9H,4-5,7-8,10H2,1-3H3. The minimum atomic E-state index is -0.239. The zero-order valence-electron chi connectivity index (χ0n) is 10.9. The predicted octanol–water partition coefficient (Wildman–Crippen LogP) is 1.41. The van der Waals surface area contributed by atoms with Gasteiger partial charge in [-0.05, 0) is 33.0 Å². The molecular weight excluding hydrogens is 214 g/mol. The van der Waals surface area contributed by atoms with Crippen molar-refractivity contribution >= 4 is 5.78 Å². The van der Waals surface area contributed by atoms with Crippen LogP contribution in [0.3, 0.4) is 0 Å². The van der Waals surface area contributed by atoms with Crippen LogP contribution in [-0.2, 0) is 18.3 Å². The highest BCUT2D eigenvalue weighted by molar-refractivity contribution is 5.90. The molecule has 0 aliphatic heterocycles. The molecule has 1 aliphatic carbocycles. The fraction of sp³-hybridized carbons (Fsp3) is 0.692. The lowest BCUT2D eigenvalue weighted by Gasteiger charge is -2.34. The third-order valence-corrected chi connectivity index (χ3v) is 3.92. The van der Waals surface area contributed by atoms with Crippen LogP contribution in [0.15, 0.2) is 12.3 Å². The van der Waals surface area contributed by atoms with E-state index in [1.165, 1.54) is 0 Å². The van der Waals surface area contributed by atoms with Crippen molar-refractivity contribution in [3.05, 3.63) is 18.0 Å². The lowest BCUT2D eigenvalue weighted by atomic mass is 9.88. The molecule has 1 aromatic rings. The summed E-state index contributed by atoms with van der Waals surface area (Å²) in [6.07, 6.45) is 6.65. The zero-order valence-corrected chi connectivity index (χ0v) is 10.9. The molecule has 1 aromatic heterocycles. The van der Waals surface area contributed by atoms with Crippen molar-refractivity contribution in [3.8, 4) is 0 Å². The van der Waals surface area contributed by atoms with Crippen molar-refractivity contribution < 1.29 is 4.79 Å². The van der Waals surface area contributed by atoms with Crippen LogP contribution in [0, 0.1) is 0 Å². The molecule has 0 unspecified atom stereocenters. The Hall–Kier alpha value is -1.16. The normalized spacial score (nSPS) is 18.8. The van der Waals surface area contributed by atoms with E-state index in [4.69, 9.17) is 0 Å². The molecule has 0 bridgehead atoms. The quantitative estimate of drug-likeness (QED) is 0.792. The van der Waals surface area contributed by atoms with Crippen LogP contribution in [0.1, 0.15) is 31.4 Å². The molecule has 4 heteroatoms. The maximum atomic E-state index is 12.5. The largest absolute Gasteiger partial charge is 0.297 e. The van der Waals surface area contributed by atoms with Crippen molar-refractivity contribution in [2.75, 3.05) is 14.1 Å². The van der Waals surface area contributed by atoms with E-state index in [1.54, 1.807) is 4.68 Å². The number of likely N-dealkylation sites (N-methyl/N-ethyl adjacent to an activating group) is 1. The number of Topliss-reactive ketones (excluding diaryl/α,β-unsaturated/α-hetero) is 1. The molecule has 2 rings (SSSR count). The number of aryl methyl sites for hydroxylation is 1. The monoisotopic (exact) mass is 235 g/mol. The van der Waals surface area contributed by atoms with Gasteiger partial charge in [0, 0.05) is 13.2 Å². The van der Waals surface area contributed by atoms with Gasteiger partial charge in [0.25, 0.3) is 0 Å². The van der Waals surface area contributed by atoms with Gasteiger partial charge in [-0.1, -0.05) is 12.8 Å². The highest BCUT2D eigenvalue weighted by atomic mass is 16.1. The summed E-state index contributed by atoms with van der Waals surface area (Å²) in [6.45, 7) is 0. The fourth-order valence-corrected chi connectivity index (χ4v) is 2.82. The van der Waals surface area contributed by atoms with Crippen LogP contribution in [0.4, 0.5) is 0 Å². The van der Waals surface area contributed by atoms with Gasteiger partial charge in [0.05, 0.1) is 17.7 Å². The molecule has 17 heavy (non-hydrogen) atoms. The van der Waals surface area contributed by atoms with Crippen LogP contribution >= 0.6 is 0 Å². The van der Waals surface area contributed by atoms with Crippen LogP contribution in [0.25, 0.3) is 0 Å². The number of ketones is 1. The zero-order chi connectivity index (χ0) is 12.5. The minimum absolute atomic E-state index is 0.239. The summed E-state index contributed by atoms with van der Waals surface area (Å²) in [5.41, 5.74) is 0.642. The molecule has 94 valence electrons. The summed E-state index contributed by atoms with van der Waals surface area (Å²) >= 11 is 0. The lowest BCUT2D eigenvalue weighted by molar-refractivity contribution is -0.128. The Bertz CT molecular complexity index is 403. The highest BCUT2D eigenvalue weighted by Crippen LogP contribution is 2.35. The first-order chi connectivity index (χ1) is 8.04. The lowest BCUT2D eigenvalue weighted by Crippen LogP contribution is -2.49. The Morgan fingerprint density at radius 3 is 2.59 bits per heavy atom. The topological polar surface area (TPSA) is 38.1 Å². The number of hydrogen-bond acceptors (Lipinski definition) is 3. The summed E-state index contributed by atoms with van der Waals surface area (Å²) in [5, 5.41) is 4.29. The van der Waals surface area contributed by atoms with E-state index in [2.05, 4.69) is 10.00 Å². The van der Waals surface area contributed by atoms with E-state index in [1.807, 2.05) is 33.4 Å². The van der Waals surface area contributed by atoms with Crippen LogP contribution < -0.4 is 0 Å². The molecule has 0 amide bonds. The Kier molecular flexibility index (Phi) is 3.33. The van der Waals surface area contributed by atoms with E-state index < -0.39 is 0 Å². The smallest absolute Gasteiger partial charge is 0.159 e. The van der Waals surface area contributed by atoms with Gasteiger partial charge < -0.3 is 0 Å². The second-order valence-electron chi connectivity index (χ2n) is 5.21. The molecule has 0 atom stereocenters. The molecule has 1 fully saturated rings. The van der Waals surface area contributed by atoms with E-state index >= 15 is 0 Å². The first-order valence-electron chi connectivity index (χ1n) is 6.24. The van der Waals surface area contributed by atoms with Crippen molar-refractivity contribution in [3.63, 3.8) is 0 Å². The van der Waals surface area contributed by atoms with Crippen LogP contribution in [0.2, 0.25) is 0 Å². The van der Waals surface area contributed by atoms with Crippen molar-refractivity contribution in [2.24, 2.45) is 7.05 Å². The maximum absolute atomic E-state index is 12.5. The molecule has 0 saturated heterocycles. The van der Waals surface area contributed by atoms with Gasteiger partial charge in [0.15, 0.2) is 5.78 Å². The van der Waals surface area contributed by atoms with E-state index in [0.29, 0.717) is 12.2 Å². The summed E-state index contributed by atoms with van der Waals surface area (Å²) < 4.78 is 1.75. The first-order valence-corrected chi connectivity index (χ1v) is 6.24. The van der Waals surface area contributed by atoms with Gasteiger partial charge in [-0.2, -0.15) is 5.10 Å². The number of hydrogen-bond donors (Lipinski definition) is 0. The molecule has 0 radical (unpaired) electrons. The summed E-state index contributed by atoms with van der Waals surface area (Å²) in [6, 6.07) is 1.93. The first kappa shape index (κ1) is 12.3. The van der Waals surface area contributed by atoms with Gasteiger partial charge in [0.2, 0.25) is 0 Å². The number of carbonyl (C=O) groups excluding carboxylic acids is 1. The Morgan fingerprint density at radius 2 is 2.12 bits per heavy atom. The molecule has 0 N–H and O–H groups in total. The summed E-state index contributed by atoms with van der Waals surface area (Å²) in [4.78, 5) is 14.6. The molecular formula is C13H21N3O. The van der Waals surface area contributed by atoms with Gasteiger partial charge >= 0.3 is 0 Å². The SMILES string of the molecule is CN(C)C1(C(=O)Cc2ccn(C)n2)CCCC1. The highest BCUT2D eigenvalue weighted by Gasteiger charge is 2.42.